The molecule has 7 heteroatoms. The van der Waals surface area contributed by atoms with Gasteiger partial charge in [0, 0.05) is 0 Å². The quantitative estimate of drug-likeness (QED) is 0.842. The van der Waals surface area contributed by atoms with Gasteiger partial charge in [0.15, 0.2) is 5.75 Å². The van der Waals surface area contributed by atoms with Gasteiger partial charge in [-0.3, -0.25) is 5.32 Å². The Kier molecular flexibility index (Phi) is 5.87. The third-order valence-corrected chi connectivity index (χ3v) is 1.35. The number of ether oxygens (including phenoxy) is 1. The van der Waals surface area contributed by atoms with Crippen LogP contribution in [0, 0.1) is 0 Å². The van der Waals surface area contributed by atoms with E-state index in [9.17, 15) is 18.0 Å². The fourth-order valence-electron chi connectivity index (χ4n) is 0.899. The Morgan fingerprint density at radius 1 is 1.29 bits per heavy atom. The number of hydrogen-bond donors (Lipinski definition) is 2. The average Bonchev–Trinajstić information content (AvgIpc) is 2.21. The Labute approximate surface area is 96.0 Å². The van der Waals surface area contributed by atoms with E-state index in [2.05, 4.69) is 4.74 Å². The van der Waals surface area contributed by atoms with Crippen molar-refractivity contribution in [2.75, 3.05) is 5.32 Å². The van der Waals surface area contributed by atoms with E-state index in [1.54, 1.807) is 5.32 Å². The fraction of sp³-hybridized carbons (Fsp3) is 0.300. The van der Waals surface area contributed by atoms with Gasteiger partial charge in [-0.25, -0.2) is 4.79 Å². The van der Waals surface area contributed by atoms with Gasteiger partial charge in [-0.05, 0) is 12.1 Å². The molecule has 1 aromatic rings. The maximum absolute atomic E-state index is 11.9. The van der Waals surface area contributed by atoms with Crippen molar-refractivity contribution in [3.63, 3.8) is 0 Å². The Hall–Kier alpha value is -1.92. The maximum atomic E-state index is 11.9. The summed E-state index contributed by atoms with van der Waals surface area (Å²) in [7, 11) is 0. The summed E-state index contributed by atoms with van der Waals surface area (Å²) in [5.74, 6) is -0.590. The summed E-state index contributed by atoms with van der Waals surface area (Å²) in [6, 6.07) is 4.86. The summed E-state index contributed by atoms with van der Waals surface area (Å²) in [4.78, 5) is 10.2. The lowest BCUT2D eigenvalue weighted by molar-refractivity contribution is -0.274. The smallest absolute Gasteiger partial charge is 0.465 e. The standard InChI is InChI=1S/C8H6F3NO3.C2H6/c9-8(10,11)15-6-4-2-1-3-5(6)12-7(13)14;1-2/h1-4,12H,(H,13,14);1-2H3. The zero-order chi connectivity index (χ0) is 13.5. The summed E-state index contributed by atoms with van der Waals surface area (Å²) in [6.07, 6.45) is -6.32. The molecule has 0 saturated heterocycles. The minimum atomic E-state index is -4.85. The molecular weight excluding hydrogens is 239 g/mol. The van der Waals surface area contributed by atoms with Crippen LogP contribution in [0.5, 0.6) is 5.75 Å². The van der Waals surface area contributed by atoms with Gasteiger partial charge in [0.2, 0.25) is 0 Å². The number of carboxylic acid groups (broad SMARTS) is 1. The second-order valence-electron chi connectivity index (χ2n) is 2.47. The van der Waals surface area contributed by atoms with E-state index in [0.717, 1.165) is 12.1 Å². The minimum Gasteiger partial charge on any atom is -0.465 e. The summed E-state index contributed by atoms with van der Waals surface area (Å²) < 4.78 is 39.2. The number of nitrogens with one attached hydrogen (secondary N) is 1. The summed E-state index contributed by atoms with van der Waals surface area (Å²) in [6.45, 7) is 4.00. The number of amides is 1. The van der Waals surface area contributed by atoms with Crippen LogP contribution in [0.4, 0.5) is 23.7 Å². The van der Waals surface area contributed by atoms with Crippen molar-refractivity contribution in [2.45, 2.75) is 20.2 Å². The average molecular weight is 251 g/mol. The van der Waals surface area contributed by atoms with Crippen molar-refractivity contribution in [3.05, 3.63) is 24.3 Å². The van der Waals surface area contributed by atoms with Gasteiger partial charge >= 0.3 is 12.5 Å². The molecule has 17 heavy (non-hydrogen) atoms. The van der Waals surface area contributed by atoms with Crippen molar-refractivity contribution in [1.82, 2.24) is 0 Å². The Morgan fingerprint density at radius 3 is 2.29 bits per heavy atom. The van der Waals surface area contributed by atoms with Crippen LogP contribution in [0.3, 0.4) is 0 Å². The van der Waals surface area contributed by atoms with Crippen LogP contribution < -0.4 is 10.1 Å². The van der Waals surface area contributed by atoms with Crippen molar-refractivity contribution in [3.8, 4) is 5.75 Å². The van der Waals surface area contributed by atoms with Crippen LogP contribution in [-0.4, -0.2) is 17.6 Å². The van der Waals surface area contributed by atoms with Crippen molar-refractivity contribution in [1.29, 1.82) is 0 Å². The number of alkyl halides is 3. The predicted molar refractivity (Wildman–Crippen MR) is 56.1 cm³/mol. The van der Waals surface area contributed by atoms with E-state index < -0.39 is 18.2 Å². The lowest BCUT2D eigenvalue weighted by atomic mass is 10.3. The monoisotopic (exact) mass is 251 g/mol. The topological polar surface area (TPSA) is 58.6 Å². The van der Waals surface area contributed by atoms with Gasteiger partial charge in [0.05, 0.1) is 5.69 Å². The number of para-hydroxylation sites is 2. The molecule has 0 heterocycles. The van der Waals surface area contributed by atoms with Crippen LogP contribution in [-0.2, 0) is 0 Å². The number of hydrogen-bond acceptors (Lipinski definition) is 2. The first-order chi connectivity index (χ1) is 7.88. The first-order valence-corrected chi connectivity index (χ1v) is 4.73. The maximum Gasteiger partial charge on any atom is 0.573 e. The van der Waals surface area contributed by atoms with Crippen molar-refractivity contribution >= 4 is 11.8 Å². The lowest BCUT2D eigenvalue weighted by Crippen LogP contribution is -2.19. The summed E-state index contributed by atoms with van der Waals surface area (Å²) >= 11 is 0. The molecule has 0 aliphatic rings. The highest BCUT2D eigenvalue weighted by molar-refractivity contribution is 5.85. The molecule has 1 amide bonds. The van der Waals surface area contributed by atoms with Gasteiger partial charge < -0.3 is 9.84 Å². The number of rotatable bonds is 2. The van der Waals surface area contributed by atoms with E-state index in [-0.39, 0.29) is 5.69 Å². The molecule has 0 aromatic heterocycles. The zero-order valence-electron chi connectivity index (χ0n) is 9.21. The number of carbonyl (C=O) groups is 1. The second kappa shape index (κ2) is 6.62. The Bertz CT molecular complexity index is 366. The number of halogens is 3. The van der Waals surface area contributed by atoms with Gasteiger partial charge in [-0.2, -0.15) is 0 Å². The van der Waals surface area contributed by atoms with E-state index >= 15 is 0 Å². The van der Waals surface area contributed by atoms with Crippen LogP contribution in [0.25, 0.3) is 0 Å². The van der Waals surface area contributed by atoms with Crippen LogP contribution in [0.15, 0.2) is 24.3 Å². The first kappa shape index (κ1) is 15.1. The number of benzene rings is 1. The molecule has 0 aliphatic carbocycles. The van der Waals surface area contributed by atoms with Gasteiger partial charge in [0.1, 0.15) is 0 Å². The zero-order valence-corrected chi connectivity index (χ0v) is 9.21. The molecule has 96 valence electrons. The molecule has 0 saturated carbocycles. The van der Waals surface area contributed by atoms with Gasteiger partial charge in [-0.1, -0.05) is 26.0 Å². The molecule has 0 unspecified atom stereocenters. The third-order valence-electron chi connectivity index (χ3n) is 1.35. The Morgan fingerprint density at radius 2 is 1.82 bits per heavy atom. The summed E-state index contributed by atoms with van der Waals surface area (Å²) in [5, 5.41) is 10.1. The first-order valence-electron chi connectivity index (χ1n) is 4.73. The summed E-state index contributed by atoms with van der Waals surface area (Å²) in [5.41, 5.74) is -0.262. The minimum absolute atomic E-state index is 0.262. The van der Waals surface area contributed by atoms with Crippen LogP contribution in [0.2, 0.25) is 0 Å². The largest absolute Gasteiger partial charge is 0.573 e. The molecule has 0 fully saturated rings. The van der Waals surface area contributed by atoms with Crippen LogP contribution in [0.1, 0.15) is 13.8 Å². The molecule has 1 aromatic carbocycles. The van der Waals surface area contributed by atoms with E-state index in [4.69, 9.17) is 5.11 Å². The van der Waals surface area contributed by atoms with Gasteiger partial charge in [0.25, 0.3) is 0 Å². The van der Waals surface area contributed by atoms with Gasteiger partial charge in [-0.15, -0.1) is 13.2 Å². The van der Waals surface area contributed by atoms with Crippen LogP contribution >= 0.6 is 0 Å². The van der Waals surface area contributed by atoms with E-state index in [0.29, 0.717) is 0 Å². The highest BCUT2D eigenvalue weighted by atomic mass is 19.4. The Balaban J connectivity index is 0.00000121. The highest BCUT2D eigenvalue weighted by Crippen LogP contribution is 2.29. The highest BCUT2D eigenvalue weighted by Gasteiger charge is 2.32. The molecule has 4 nitrogen and oxygen atoms in total. The molecule has 1 rings (SSSR count). The van der Waals surface area contributed by atoms with E-state index in [1.807, 2.05) is 13.8 Å². The number of anilines is 1. The predicted octanol–water partition coefficient (Wildman–Crippen LogP) is 3.70. The molecule has 2 N–H and O–H groups in total. The molecule has 0 bridgehead atoms. The second-order valence-corrected chi connectivity index (χ2v) is 2.47. The molecular formula is C10H12F3NO3. The third kappa shape index (κ3) is 6.29. The molecule has 0 atom stereocenters. The fourth-order valence-corrected chi connectivity index (χ4v) is 0.899. The lowest BCUT2D eigenvalue weighted by Gasteiger charge is -2.12. The normalized spacial score (nSPS) is 9.94. The SMILES string of the molecule is CC.O=C(O)Nc1ccccc1OC(F)(F)F. The van der Waals surface area contributed by atoms with Crippen molar-refractivity contribution < 1.29 is 27.8 Å². The van der Waals surface area contributed by atoms with Crippen molar-refractivity contribution in [2.24, 2.45) is 0 Å². The molecule has 0 spiro atoms. The molecule has 0 radical (unpaired) electrons. The van der Waals surface area contributed by atoms with E-state index in [1.165, 1.54) is 12.1 Å². The molecule has 0 aliphatic heterocycles.